The summed E-state index contributed by atoms with van der Waals surface area (Å²) in [5.74, 6) is -2.73. The van der Waals surface area contributed by atoms with Gasteiger partial charge in [-0.05, 0) is 24.3 Å². The molecule has 0 radical (unpaired) electrons. The Bertz CT molecular complexity index is 720. The molecule has 114 valence electrons. The quantitative estimate of drug-likeness (QED) is 0.887. The van der Waals surface area contributed by atoms with Gasteiger partial charge >= 0.3 is 0 Å². The highest BCUT2D eigenvalue weighted by Crippen LogP contribution is 2.18. The summed E-state index contributed by atoms with van der Waals surface area (Å²) in [7, 11) is 0. The Balaban J connectivity index is 2.02. The number of primary amides is 1. The summed E-state index contributed by atoms with van der Waals surface area (Å²) >= 11 is 0. The summed E-state index contributed by atoms with van der Waals surface area (Å²) in [5, 5.41) is 2.17. The Labute approximate surface area is 124 Å². The number of carbonyl (C=O) groups is 2. The van der Waals surface area contributed by atoms with Crippen LogP contribution in [0.5, 0.6) is 5.75 Å². The SMILES string of the molecule is NC(=O)c1ccccc1OCC(=O)Nc1cc(F)ccc1F. The minimum atomic E-state index is -0.771. The molecule has 0 aromatic heterocycles. The van der Waals surface area contributed by atoms with Crippen LogP contribution >= 0.6 is 0 Å². The van der Waals surface area contributed by atoms with Crippen molar-refractivity contribution in [1.82, 2.24) is 0 Å². The van der Waals surface area contributed by atoms with E-state index >= 15 is 0 Å². The van der Waals surface area contributed by atoms with Crippen LogP contribution in [0.4, 0.5) is 14.5 Å². The normalized spacial score (nSPS) is 10.1. The zero-order chi connectivity index (χ0) is 16.1. The molecular weight excluding hydrogens is 294 g/mol. The molecule has 0 spiro atoms. The van der Waals surface area contributed by atoms with E-state index in [1.54, 1.807) is 12.1 Å². The summed E-state index contributed by atoms with van der Waals surface area (Å²) in [5.41, 5.74) is 4.99. The van der Waals surface area contributed by atoms with Crippen LogP contribution in [0, 0.1) is 11.6 Å². The van der Waals surface area contributed by atoms with Crippen molar-refractivity contribution >= 4 is 17.5 Å². The van der Waals surface area contributed by atoms with Crippen LogP contribution in [0.1, 0.15) is 10.4 Å². The van der Waals surface area contributed by atoms with Crippen molar-refractivity contribution in [2.75, 3.05) is 11.9 Å². The lowest BCUT2D eigenvalue weighted by Gasteiger charge is -2.10. The molecule has 22 heavy (non-hydrogen) atoms. The number of nitrogens with one attached hydrogen (secondary N) is 1. The van der Waals surface area contributed by atoms with Gasteiger partial charge in [0.1, 0.15) is 17.4 Å². The molecule has 2 amide bonds. The van der Waals surface area contributed by atoms with Crippen molar-refractivity contribution in [3.8, 4) is 5.75 Å². The van der Waals surface area contributed by atoms with Gasteiger partial charge in [0, 0.05) is 6.07 Å². The first-order valence-corrected chi connectivity index (χ1v) is 6.24. The maximum atomic E-state index is 13.4. The van der Waals surface area contributed by atoms with E-state index in [0.717, 1.165) is 18.2 Å². The third kappa shape index (κ3) is 3.78. The smallest absolute Gasteiger partial charge is 0.262 e. The van der Waals surface area contributed by atoms with Gasteiger partial charge in [-0.15, -0.1) is 0 Å². The first-order chi connectivity index (χ1) is 10.5. The third-order valence-corrected chi connectivity index (χ3v) is 2.71. The number of halogens is 2. The highest BCUT2D eigenvalue weighted by atomic mass is 19.1. The van der Waals surface area contributed by atoms with Gasteiger partial charge < -0.3 is 15.8 Å². The van der Waals surface area contributed by atoms with Crippen molar-refractivity contribution in [3.05, 3.63) is 59.7 Å². The molecule has 2 aromatic carbocycles. The maximum absolute atomic E-state index is 13.4. The molecule has 0 saturated carbocycles. The molecule has 3 N–H and O–H groups in total. The van der Waals surface area contributed by atoms with Crippen LogP contribution in [-0.2, 0) is 4.79 Å². The van der Waals surface area contributed by atoms with Gasteiger partial charge in [-0.3, -0.25) is 9.59 Å². The molecule has 0 bridgehead atoms. The lowest BCUT2D eigenvalue weighted by molar-refractivity contribution is -0.118. The lowest BCUT2D eigenvalue weighted by atomic mass is 10.2. The van der Waals surface area contributed by atoms with Gasteiger partial charge in [-0.1, -0.05) is 12.1 Å². The molecule has 5 nitrogen and oxygen atoms in total. The molecule has 2 rings (SSSR count). The molecule has 0 atom stereocenters. The molecule has 7 heteroatoms. The molecule has 0 saturated heterocycles. The van der Waals surface area contributed by atoms with Crippen molar-refractivity contribution in [1.29, 1.82) is 0 Å². The van der Waals surface area contributed by atoms with Crippen LogP contribution in [0.25, 0.3) is 0 Å². The summed E-state index contributed by atoms with van der Waals surface area (Å²) in [4.78, 5) is 22.9. The van der Waals surface area contributed by atoms with Gasteiger partial charge in [0.25, 0.3) is 11.8 Å². The van der Waals surface area contributed by atoms with Crippen LogP contribution < -0.4 is 15.8 Å². The summed E-state index contributed by atoms with van der Waals surface area (Å²) in [6, 6.07) is 8.79. The fourth-order valence-corrected chi connectivity index (χ4v) is 1.72. The van der Waals surface area contributed by atoms with E-state index in [1.165, 1.54) is 12.1 Å². The van der Waals surface area contributed by atoms with E-state index in [-0.39, 0.29) is 17.0 Å². The maximum Gasteiger partial charge on any atom is 0.262 e. The molecule has 0 heterocycles. The predicted octanol–water partition coefficient (Wildman–Crippen LogP) is 2.08. The third-order valence-electron chi connectivity index (χ3n) is 2.71. The van der Waals surface area contributed by atoms with Gasteiger partial charge in [0.15, 0.2) is 6.61 Å². The van der Waals surface area contributed by atoms with Crippen LogP contribution in [0.3, 0.4) is 0 Å². The van der Waals surface area contributed by atoms with E-state index in [2.05, 4.69) is 5.32 Å². The van der Waals surface area contributed by atoms with Crippen molar-refractivity contribution in [3.63, 3.8) is 0 Å². The molecule has 0 aliphatic rings. The molecule has 0 aliphatic heterocycles. The number of hydrogen-bond donors (Lipinski definition) is 2. The summed E-state index contributed by atoms with van der Waals surface area (Å²) < 4.78 is 31.5. The second-order valence-electron chi connectivity index (χ2n) is 4.32. The standard InChI is InChI=1S/C15H12F2N2O3/c16-9-5-6-11(17)12(7-9)19-14(20)8-22-13-4-2-1-3-10(13)15(18)21/h1-7H,8H2,(H2,18,21)(H,19,20). The number of nitrogens with two attached hydrogens (primary N) is 1. The Morgan fingerprint density at radius 1 is 1.14 bits per heavy atom. The average Bonchev–Trinajstić information content (AvgIpc) is 2.49. The fourth-order valence-electron chi connectivity index (χ4n) is 1.72. The van der Waals surface area contributed by atoms with Crippen molar-refractivity contribution in [2.45, 2.75) is 0 Å². The second-order valence-corrected chi connectivity index (χ2v) is 4.32. The number of carbonyl (C=O) groups excluding carboxylic acids is 2. The minimum Gasteiger partial charge on any atom is -0.483 e. The molecule has 0 aliphatic carbocycles. The van der Waals surface area contributed by atoms with E-state index in [4.69, 9.17) is 10.5 Å². The zero-order valence-corrected chi connectivity index (χ0v) is 11.3. The fraction of sp³-hybridized carbons (Fsp3) is 0.0667. The van der Waals surface area contributed by atoms with Crippen molar-refractivity contribution < 1.29 is 23.1 Å². The summed E-state index contributed by atoms with van der Waals surface area (Å²) in [6.07, 6.45) is 0. The lowest BCUT2D eigenvalue weighted by Crippen LogP contribution is -2.22. The largest absolute Gasteiger partial charge is 0.483 e. The van der Waals surface area contributed by atoms with Crippen LogP contribution in [0.2, 0.25) is 0 Å². The van der Waals surface area contributed by atoms with E-state index in [9.17, 15) is 18.4 Å². The second kappa shape index (κ2) is 6.66. The van der Waals surface area contributed by atoms with Gasteiger partial charge in [-0.2, -0.15) is 0 Å². The molecule has 2 aromatic rings. The number of ether oxygens (including phenoxy) is 1. The van der Waals surface area contributed by atoms with Crippen LogP contribution in [-0.4, -0.2) is 18.4 Å². The molecular formula is C15H12F2N2O3. The number of amides is 2. The van der Waals surface area contributed by atoms with E-state index in [0.29, 0.717) is 0 Å². The van der Waals surface area contributed by atoms with E-state index < -0.39 is 30.1 Å². The number of benzene rings is 2. The molecule has 0 fully saturated rings. The Morgan fingerprint density at radius 2 is 1.86 bits per heavy atom. The molecule has 0 unspecified atom stereocenters. The highest BCUT2D eigenvalue weighted by Gasteiger charge is 2.12. The monoisotopic (exact) mass is 306 g/mol. The topological polar surface area (TPSA) is 81.4 Å². The average molecular weight is 306 g/mol. The first kappa shape index (κ1) is 15.4. The Hall–Kier alpha value is -2.96. The number of anilines is 1. The number of para-hydroxylation sites is 1. The van der Waals surface area contributed by atoms with Gasteiger partial charge in [0.2, 0.25) is 0 Å². The van der Waals surface area contributed by atoms with E-state index in [1.807, 2.05) is 0 Å². The highest BCUT2D eigenvalue weighted by molar-refractivity contribution is 5.96. The Morgan fingerprint density at radius 3 is 2.59 bits per heavy atom. The first-order valence-electron chi connectivity index (χ1n) is 6.24. The summed E-state index contributed by atoms with van der Waals surface area (Å²) in [6.45, 7) is -0.486. The zero-order valence-electron chi connectivity index (χ0n) is 11.3. The van der Waals surface area contributed by atoms with Crippen LogP contribution in [0.15, 0.2) is 42.5 Å². The predicted molar refractivity (Wildman–Crippen MR) is 75.4 cm³/mol. The van der Waals surface area contributed by atoms with Gasteiger partial charge in [-0.25, -0.2) is 8.78 Å². The Kier molecular flexibility index (Phi) is 4.67. The number of hydrogen-bond acceptors (Lipinski definition) is 3. The minimum absolute atomic E-state index is 0.118. The van der Waals surface area contributed by atoms with Gasteiger partial charge in [0.05, 0.1) is 11.3 Å². The van der Waals surface area contributed by atoms with Crippen molar-refractivity contribution in [2.24, 2.45) is 5.73 Å². The number of rotatable bonds is 5.